The molecule has 1 saturated carbocycles. The molecule has 0 aromatic heterocycles. The molecule has 0 N–H and O–H groups in total. The Balaban J connectivity index is 1.75. The van der Waals surface area contributed by atoms with Crippen LogP contribution in [0.4, 0.5) is 5.69 Å². The molecule has 2 nitrogen and oxygen atoms in total. The first kappa shape index (κ1) is 21.6. The Morgan fingerprint density at radius 3 is 2.09 bits per heavy atom. The molecular formula is C28H30NOPS. The molecule has 1 heterocycles. The van der Waals surface area contributed by atoms with E-state index in [1.807, 2.05) is 0 Å². The van der Waals surface area contributed by atoms with E-state index < -0.39 is 6.04 Å². The van der Waals surface area contributed by atoms with Crippen molar-refractivity contribution in [2.45, 2.75) is 57.7 Å². The second-order valence-electron chi connectivity index (χ2n) is 9.33. The average molecular weight is 460 g/mol. The number of nitrogens with zero attached hydrogens (tertiary/aromatic N) is 1. The Hall–Kier alpha value is -2.22. The fourth-order valence-electron chi connectivity index (χ4n) is 6.23. The zero-order valence-electron chi connectivity index (χ0n) is 19.0. The summed E-state index contributed by atoms with van der Waals surface area (Å²) in [6.45, 7) is 6.04. The van der Waals surface area contributed by atoms with Crippen LogP contribution in [0, 0.1) is 13.8 Å². The van der Waals surface area contributed by atoms with Crippen molar-refractivity contribution in [3.05, 3.63) is 89.5 Å². The van der Waals surface area contributed by atoms with Gasteiger partial charge >= 0.3 is 0 Å². The predicted molar refractivity (Wildman–Crippen MR) is 140 cm³/mol. The molecule has 5 rings (SSSR count). The van der Waals surface area contributed by atoms with E-state index in [4.69, 9.17) is 11.8 Å². The maximum atomic E-state index is 12.9. The first-order valence-corrected chi connectivity index (χ1v) is 14.4. The van der Waals surface area contributed by atoms with Gasteiger partial charge in [-0.05, 0) is 48.4 Å². The van der Waals surface area contributed by atoms with Crippen LogP contribution in [-0.4, -0.2) is 17.6 Å². The van der Waals surface area contributed by atoms with E-state index in [2.05, 4.69) is 91.5 Å². The summed E-state index contributed by atoms with van der Waals surface area (Å²) in [4.78, 5) is 15.0. The molecule has 0 radical (unpaired) electrons. The quantitative estimate of drug-likeness (QED) is 0.461. The van der Waals surface area contributed by atoms with Gasteiger partial charge in [-0.2, -0.15) is 0 Å². The van der Waals surface area contributed by atoms with Crippen LogP contribution in [-0.2, 0) is 16.6 Å². The highest BCUT2D eigenvalue weighted by molar-refractivity contribution is 8.22. The molecule has 3 atom stereocenters. The summed E-state index contributed by atoms with van der Waals surface area (Å²) >= 11 is 6.79. The summed E-state index contributed by atoms with van der Waals surface area (Å²) in [5, 5.41) is 2.58. The zero-order valence-corrected chi connectivity index (χ0v) is 20.7. The van der Waals surface area contributed by atoms with Gasteiger partial charge in [-0.3, -0.25) is 4.79 Å². The predicted octanol–water partition coefficient (Wildman–Crippen LogP) is 5.81. The van der Waals surface area contributed by atoms with Crippen molar-refractivity contribution in [3.8, 4) is 0 Å². The average Bonchev–Trinajstić information content (AvgIpc) is 3.15. The molecule has 3 aromatic carbocycles. The van der Waals surface area contributed by atoms with Gasteiger partial charge < -0.3 is 4.90 Å². The molecule has 1 aliphatic heterocycles. The minimum absolute atomic E-state index is 0.152. The number of carbonyl (C=O) groups excluding carboxylic acids is 1. The van der Waals surface area contributed by atoms with E-state index in [9.17, 15) is 4.79 Å². The molecule has 32 heavy (non-hydrogen) atoms. The van der Waals surface area contributed by atoms with Gasteiger partial charge in [0.1, 0.15) is 0 Å². The molecule has 2 unspecified atom stereocenters. The summed E-state index contributed by atoms with van der Waals surface area (Å²) in [5.74, 6) is 0.437. The molecule has 1 amide bonds. The van der Waals surface area contributed by atoms with Gasteiger partial charge in [-0.25, -0.2) is 0 Å². The molecule has 164 valence electrons. The number of amides is 1. The lowest BCUT2D eigenvalue weighted by Gasteiger charge is -2.43. The van der Waals surface area contributed by atoms with Crippen molar-refractivity contribution in [2.24, 2.45) is 0 Å². The standard InChI is InChI=1S/C28H30NOPS/c1-19-17-20(2)28-24(18-19)27-25(29(28)21(3)30)15-10-16-26(27)31(32,22-11-6-4-7-12-22)23-13-8-5-9-14-23/h4-9,11-14,17-18,25-27H,10,15-16H2,1-3H3/t25?,26-,27?/m1/s1. The second-order valence-corrected chi connectivity index (χ2v) is 14.1. The first-order valence-electron chi connectivity index (χ1n) is 11.5. The normalized spacial score (nSPS) is 22.3. The molecule has 0 saturated heterocycles. The number of aryl methyl sites for hydroxylation is 2. The topological polar surface area (TPSA) is 20.3 Å². The number of carbonyl (C=O) groups is 1. The van der Waals surface area contributed by atoms with Crippen LogP contribution in [0.1, 0.15) is 48.8 Å². The van der Waals surface area contributed by atoms with Crippen molar-refractivity contribution < 1.29 is 4.79 Å². The van der Waals surface area contributed by atoms with Crippen LogP contribution in [0.15, 0.2) is 72.8 Å². The van der Waals surface area contributed by atoms with E-state index in [-0.39, 0.29) is 17.9 Å². The summed E-state index contributed by atoms with van der Waals surface area (Å²) in [6, 6.07) is 24.2. The molecule has 1 fully saturated rings. The SMILES string of the molecule is CC(=O)N1c2c(C)cc(C)cc2C2C1CCC[C@H]2P(=S)(c1ccccc1)c1ccccc1. The highest BCUT2D eigenvalue weighted by Crippen LogP contribution is 2.62. The van der Waals surface area contributed by atoms with Crippen molar-refractivity contribution in [1.29, 1.82) is 0 Å². The first-order chi connectivity index (χ1) is 15.4. The van der Waals surface area contributed by atoms with Crippen molar-refractivity contribution in [3.63, 3.8) is 0 Å². The molecular weight excluding hydrogens is 429 g/mol. The molecule has 0 bridgehead atoms. The van der Waals surface area contributed by atoms with Gasteiger partial charge in [0, 0.05) is 30.6 Å². The van der Waals surface area contributed by atoms with Crippen LogP contribution in [0.3, 0.4) is 0 Å². The van der Waals surface area contributed by atoms with Gasteiger partial charge in [0.05, 0.1) is 5.69 Å². The molecule has 3 aromatic rings. The summed E-state index contributed by atoms with van der Waals surface area (Å²) in [5.41, 5.74) is 5.30. The Kier molecular flexibility index (Phi) is 5.60. The third-order valence-electron chi connectivity index (χ3n) is 7.32. The van der Waals surface area contributed by atoms with Crippen molar-refractivity contribution >= 4 is 40.0 Å². The van der Waals surface area contributed by atoms with E-state index in [1.165, 1.54) is 27.3 Å². The number of fused-ring (bicyclic) bond motifs is 3. The lowest BCUT2D eigenvalue weighted by atomic mass is 9.81. The zero-order chi connectivity index (χ0) is 22.5. The molecule has 0 spiro atoms. The number of hydrogen-bond donors (Lipinski definition) is 0. The van der Waals surface area contributed by atoms with Gasteiger partial charge in [0.25, 0.3) is 0 Å². The van der Waals surface area contributed by atoms with E-state index in [0.29, 0.717) is 5.66 Å². The van der Waals surface area contributed by atoms with Crippen LogP contribution in [0.2, 0.25) is 0 Å². The monoisotopic (exact) mass is 459 g/mol. The van der Waals surface area contributed by atoms with Crippen molar-refractivity contribution in [2.75, 3.05) is 4.90 Å². The van der Waals surface area contributed by atoms with Crippen molar-refractivity contribution in [1.82, 2.24) is 0 Å². The Bertz CT molecular complexity index is 1160. The fraction of sp³-hybridized carbons (Fsp3) is 0.321. The molecule has 4 heteroatoms. The summed E-state index contributed by atoms with van der Waals surface area (Å²) in [7, 11) is 0. The van der Waals surface area contributed by atoms with Crippen LogP contribution in [0.5, 0.6) is 0 Å². The Labute approximate surface area is 196 Å². The third-order valence-corrected chi connectivity index (χ3v) is 13.0. The lowest BCUT2D eigenvalue weighted by Crippen LogP contribution is -2.45. The van der Waals surface area contributed by atoms with Gasteiger partial charge in [0.15, 0.2) is 0 Å². The van der Waals surface area contributed by atoms with Crippen LogP contribution < -0.4 is 15.5 Å². The van der Waals surface area contributed by atoms with Gasteiger partial charge in [-0.1, -0.05) is 96.6 Å². The summed E-state index contributed by atoms with van der Waals surface area (Å²) in [6.07, 6.45) is 3.27. The minimum Gasteiger partial charge on any atom is -0.308 e. The van der Waals surface area contributed by atoms with Crippen LogP contribution in [0.25, 0.3) is 0 Å². The minimum atomic E-state index is -2.12. The highest BCUT2D eigenvalue weighted by atomic mass is 32.4. The number of hydrogen-bond acceptors (Lipinski definition) is 2. The van der Waals surface area contributed by atoms with E-state index >= 15 is 0 Å². The third kappa shape index (κ3) is 3.29. The fourth-order valence-corrected chi connectivity index (χ4v) is 11.3. The molecule has 1 aliphatic carbocycles. The maximum Gasteiger partial charge on any atom is 0.224 e. The largest absolute Gasteiger partial charge is 0.308 e. The second kappa shape index (κ2) is 8.28. The lowest BCUT2D eigenvalue weighted by molar-refractivity contribution is -0.117. The highest BCUT2D eigenvalue weighted by Gasteiger charge is 2.51. The number of anilines is 1. The van der Waals surface area contributed by atoms with E-state index in [1.54, 1.807) is 6.92 Å². The summed E-state index contributed by atoms with van der Waals surface area (Å²) < 4.78 is 0. The van der Waals surface area contributed by atoms with Gasteiger partial charge in [0.2, 0.25) is 5.91 Å². The number of benzene rings is 3. The smallest absolute Gasteiger partial charge is 0.224 e. The Morgan fingerprint density at radius 2 is 1.53 bits per heavy atom. The van der Waals surface area contributed by atoms with Gasteiger partial charge in [-0.15, -0.1) is 0 Å². The van der Waals surface area contributed by atoms with E-state index in [0.717, 1.165) is 24.9 Å². The Morgan fingerprint density at radius 1 is 0.938 bits per heavy atom. The van der Waals surface area contributed by atoms with Crippen LogP contribution >= 0.6 is 6.04 Å². The number of rotatable bonds is 3. The molecule has 2 aliphatic rings. The maximum absolute atomic E-state index is 12.9.